The van der Waals surface area contributed by atoms with Crippen molar-refractivity contribution in [3.63, 3.8) is 0 Å². The van der Waals surface area contributed by atoms with Crippen molar-refractivity contribution in [3.05, 3.63) is 23.8 Å². The predicted molar refractivity (Wildman–Crippen MR) is 89.9 cm³/mol. The first-order valence-corrected chi connectivity index (χ1v) is 9.37. The average Bonchev–Trinajstić information content (AvgIpc) is 2.96. The molecule has 3 aliphatic rings. The third kappa shape index (κ3) is 3.15. The van der Waals surface area contributed by atoms with Crippen molar-refractivity contribution in [1.82, 2.24) is 10.2 Å². The molecule has 4 rings (SSSR count). The van der Waals surface area contributed by atoms with Gasteiger partial charge in [0.15, 0.2) is 11.5 Å². The lowest BCUT2D eigenvalue weighted by atomic mass is 9.97. The number of rotatable bonds is 3. The molecule has 1 amide bonds. The van der Waals surface area contributed by atoms with Crippen molar-refractivity contribution in [2.75, 3.05) is 38.6 Å². The summed E-state index contributed by atoms with van der Waals surface area (Å²) < 4.78 is 11.3. The zero-order valence-corrected chi connectivity index (χ0v) is 13.9. The number of thioether (sulfide) groups is 1. The Morgan fingerprint density at radius 1 is 1.17 bits per heavy atom. The summed E-state index contributed by atoms with van der Waals surface area (Å²) in [6, 6.07) is 6.08. The number of carbonyl (C=O) groups excluding carboxylic acids is 1. The SMILES string of the molecule is O=C1CSC(c2ccc3c(c2)OCCO3)N1CC1CCNCC1. The van der Waals surface area contributed by atoms with Gasteiger partial charge in [-0.3, -0.25) is 4.79 Å². The molecule has 0 radical (unpaired) electrons. The molecular formula is C17H22N2O3S. The summed E-state index contributed by atoms with van der Waals surface area (Å²) in [6.45, 7) is 4.19. The fraction of sp³-hybridized carbons (Fsp3) is 0.588. The fourth-order valence-electron chi connectivity index (χ4n) is 3.48. The summed E-state index contributed by atoms with van der Waals surface area (Å²) in [4.78, 5) is 14.4. The minimum atomic E-state index is 0.105. The normalized spacial score (nSPS) is 25.0. The lowest BCUT2D eigenvalue weighted by Gasteiger charge is -2.31. The Morgan fingerprint density at radius 2 is 1.96 bits per heavy atom. The van der Waals surface area contributed by atoms with E-state index in [0.29, 0.717) is 24.9 Å². The summed E-state index contributed by atoms with van der Waals surface area (Å²) in [5, 5.41) is 3.49. The molecule has 0 aliphatic carbocycles. The summed E-state index contributed by atoms with van der Waals surface area (Å²) >= 11 is 1.72. The van der Waals surface area contributed by atoms with Gasteiger partial charge in [0.25, 0.3) is 0 Å². The molecule has 1 N–H and O–H groups in total. The first-order chi connectivity index (χ1) is 11.3. The van der Waals surface area contributed by atoms with Crippen LogP contribution in [-0.2, 0) is 4.79 Å². The van der Waals surface area contributed by atoms with Crippen LogP contribution < -0.4 is 14.8 Å². The van der Waals surface area contributed by atoms with Gasteiger partial charge < -0.3 is 19.7 Å². The summed E-state index contributed by atoms with van der Waals surface area (Å²) in [7, 11) is 0. The molecular weight excluding hydrogens is 312 g/mol. The van der Waals surface area contributed by atoms with E-state index in [1.165, 1.54) is 0 Å². The van der Waals surface area contributed by atoms with Crippen LogP contribution in [0.2, 0.25) is 0 Å². The van der Waals surface area contributed by atoms with Gasteiger partial charge in [0.1, 0.15) is 18.6 Å². The Bertz CT molecular complexity index is 589. The van der Waals surface area contributed by atoms with E-state index in [2.05, 4.69) is 16.3 Å². The molecule has 1 aromatic carbocycles. The van der Waals surface area contributed by atoms with Gasteiger partial charge in [-0.15, -0.1) is 11.8 Å². The molecule has 2 saturated heterocycles. The zero-order chi connectivity index (χ0) is 15.6. The molecule has 1 atom stereocenters. The monoisotopic (exact) mass is 334 g/mol. The fourth-order valence-corrected chi connectivity index (χ4v) is 4.67. The van der Waals surface area contributed by atoms with E-state index < -0.39 is 0 Å². The molecule has 124 valence electrons. The van der Waals surface area contributed by atoms with Gasteiger partial charge >= 0.3 is 0 Å². The summed E-state index contributed by atoms with van der Waals surface area (Å²) in [6.07, 6.45) is 2.31. The van der Waals surface area contributed by atoms with E-state index in [-0.39, 0.29) is 11.3 Å². The third-order valence-electron chi connectivity index (χ3n) is 4.73. The van der Waals surface area contributed by atoms with Crippen LogP contribution in [0.4, 0.5) is 0 Å². The second-order valence-electron chi connectivity index (χ2n) is 6.31. The van der Waals surface area contributed by atoms with Gasteiger partial charge in [-0.1, -0.05) is 6.07 Å². The van der Waals surface area contributed by atoms with Gasteiger partial charge in [-0.2, -0.15) is 0 Å². The lowest BCUT2D eigenvalue weighted by Crippen LogP contribution is -2.38. The van der Waals surface area contributed by atoms with Crippen molar-refractivity contribution >= 4 is 17.7 Å². The third-order valence-corrected chi connectivity index (χ3v) is 5.99. The van der Waals surface area contributed by atoms with Crippen LogP contribution in [0.3, 0.4) is 0 Å². The van der Waals surface area contributed by atoms with E-state index in [1.807, 2.05) is 12.1 Å². The predicted octanol–water partition coefficient (Wildman–Crippen LogP) is 2.03. The molecule has 3 heterocycles. The Kier molecular flexibility index (Phi) is 4.35. The van der Waals surface area contributed by atoms with Gasteiger partial charge in [-0.25, -0.2) is 0 Å². The topological polar surface area (TPSA) is 50.8 Å². The van der Waals surface area contributed by atoms with Crippen molar-refractivity contribution < 1.29 is 14.3 Å². The van der Waals surface area contributed by atoms with Crippen LogP contribution in [0.25, 0.3) is 0 Å². The molecule has 5 nitrogen and oxygen atoms in total. The van der Waals surface area contributed by atoms with Crippen molar-refractivity contribution in [2.45, 2.75) is 18.2 Å². The van der Waals surface area contributed by atoms with Crippen LogP contribution in [0, 0.1) is 5.92 Å². The Labute approximate surface area is 140 Å². The molecule has 2 fully saturated rings. The molecule has 0 saturated carbocycles. The number of hydrogen-bond acceptors (Lipinski definition) is 5. The van der Waals surface area contributed by atoms with Gasteiger partial charge in [0, 0.05) is 6.54 Å². The van der Waals surface area contributed by atoms with Gasteiger partial charge in [0.05, 0.1) is 5.75 Å². The molecule has 0 bridgehead atoms. The highest BCUT2D eigenvalue weighted by molar-refractivity contribution is 8.00. The second kappa shape index (κ2) is 6.61. The molecule has 1 unspecified atom stereocenters. The quantitative estimate of drug-likeness (QED) is 0.917. The van der Waals surface area contributed by atoms with E-state index in [1.54, 1.807) is 11.8 Å². The largest absolute Gasteiger partial charge is 0.486 e. The highest BCUT2D eigenvalue weighted by Gasteiger charge is 2.35. The van der Waals surface area contributed by atoms with Crippen LogP contribution in [0.15, 0.2) is 18.2 Å². The number of fused-ring (bicyclic) bond motifs is 1. The second-order valence-corrected chi connectivity index (χ2v) is 7.37. The molecule has 23 heavy (non-hydrogen) atoms. The number of amides is 1. The molecule has 6 heteroatoms. The minimum absolute atomic E-state index is 0.105. The maximum atomic E-state index is 12.4. The molecule has 1 aromatic rings. The maximum absolute atomic E-state index is 12.4. The Hall–Kier alpha value is -1.40. The van der Waals surface area contributed by atoms with E-state index in [9.17, 15) is 4.79 Å². The Morgan fingerprint density at radius 3 is 2.78 bits per heavy atom. The van der Waals surface area contributed by atoms with E-state index in [0.717, 1.165) is 49.5 Å². The Balaban J connectivity index is 1.53. The first-order valence-electron chi connectivity index (χ1n) is 8.32. The molecule has 0 spiro atoms. The smallest absolute Gasteiger partial charge is 0.233 e. The number of piperidine rings is 1. The van der Waals surface area contributed by atoms with Gasteiger partial charge in [0.2, 0.25) is 5.91 Å². The number of nitrogens with zero attached hydrogens (tertiary/aromatic N) is 1. The number of benzene rings is 1. The van der Waals surface area contributed by atoms with Crippen LogP contribution >= 0.6 is 11.8 Å². The number of hydrogen-bond donors (Lipinski definition) is 1. The van der Waals surface area contributed by atoms with Crippen LogP contribution in [0.1, 0.15) is 23.8 Å². The molecule has 3 aliphatic heterocycles. The maximum Gasteiger partial charge on any atom is 0.233 e. The lowest BCUT2D eigenvalue weighted by molar-refractivity contribution is -0.128. The van der Waals surface area contributed by atoms with Crippen molar-refractivity contribution in [1.29, 1.82) is 0 Å². The zero-order valence-electron chi connectivity index (χ0n) is 13.1. The average molecular weight is 334 g/mol. The van der Waals surface area contributed by atoms with Crippen molar-refractivity contribution in [3.8, 4) is 11.5 Å². The molecule has 0 aromatic heterocycles. The van der Waals surface area contributed by atoms with E-state index in [4.69, 9.17) is 9.47 Å². The first kappa shape index (κ1) is 15.1. The van der Waals surface area contributed by atoms with Crippen LogP contribution in [-0.4, -0.2) is 49.4 Å². The summed E-state index contributed by atoms with van der Waals surface area (Å²) in [5.74, 6) is 3.05. The number of nitrogens with one attached hydrogen (secondary N) is 1. The standard InChI is InChI=1S/C17H22N2O3S/c20-16-11-23-17(19(16)10-12-3-5-18-6-4-12)13-1-2-14-15(9-13)22-8-7-21-14/h1-2,9,12,17-18H,3-8,10-11H2. The summed E-state index contributed by atoms with van der Waals surface area (Å²) in [5.41, 5.74) is 1.14. The van der Waals surface area contributed by atoms with E-state index >= 15 is 0 Å². The highest BCUT2D eigenvalue weighted by Crippen LogP contribution is 2.42. The van der Waals surface area contributed by atoms with Crippen molar-refractivity contribution in [2.24, 2.45) is 5.92 Å². The number of carbonyl (C=O) groups is 1. The van der Waals surface area contributed by atoms with Gasteiger partial charge in [-0.05, 0) is 49.5 Å². The van der Waals surface area contributed by atoms with Crippen LogP contribution in [0.5, 0.6) is 11.5 Å². The highest BCUT2D eigenvalue weighted by atomic mass is 32.2. The number of ether oxygens (including phenoxy) is 2. The minimum Gasteiger partial charge on any atom is -0.486 e.